The van der Waals surface area contributed by atoms with Gasteiger partial charge in [0.2, 0.25) is 0 Å². The molecule has 2 aliphatic rings. The van der Waals surface area contributed by atoms with E-state index >= 15 is 0 Å². The number of hydrogen-bond acceptors (Lipinski definition) is 5. The van der Waals surface area contributed by atoms with Gasteiger partial charge in [-0.05, 0) is 25.9 Å². The van der Waals surface area contributed by atoms with Gasteiger partial charge in [-0.15, -0.1) is 0 Å². The van der Waals surface area contributed by atoms with E-state index in [-0.39, 0.29) is 6.03 Å². The number of amides is 2. The largest absolute Gasteiger partial charge is 0.480 e. The van der Waals surface area contributed by atoms with E-state index in [0.717, 1.165) is 0 Å². The van der Waals surface area contributed by atoms with E-state index in [1.165, 1.54) is 0 Å². The van der Waals surface area contributed by atoms with Crippen LogP contribution in [0.5, 0.6) is 0 Å². The van der Waals surface area contributed by atoms with E-state index in [9.17, 15) is 9.59 Å². The predicted octanol–water partition coefficient (Wildman–Crippen LogP) is -1.45. The molecular weight excluding hydrogens is 252 g/mol. The van der Waals surface area contributed by atoms with Crippen molar-refractivity contribution in [3.05, 3.63) is 0 Å². The van der Waals surface area contributed by atoms with Crippen LogP contribution in [0.4, 0.5) is 4.79 Å². The molecule has 0 aromatic rings. The van der Waals surface area contributed by atoms with E-state index in [0.29, 0.717) is 52.2 Å². The van der Waals surface area contributed by atoms with Crippen LogP contribution in [-0.2, 0) is 9.53 Å². The molecule has 2 fully saturated rings. The molecule has 0 unspecified atom stereocenters. The minimum atomic E-state index is -0.967. The summed E-state index contributed by atoms with van der Waals surface area (Å²) in [5.41, 5.74) is 9.59. The average molecular weight is 274 g/mol. The average Bonchev–Trinajstić information content (AvgIpc) is 2.41. The van der Waals surface area contributed by atoms with Crippen LogP contribution in [0.2, 0.25) is 0 Å². The third-order valence-corrected chi connectivity index (χ3v) is 3.24. The number of urea groups is 1. The normalized spacial score (nSPS) is 22.1. The number of carbonyl (C=O) groups is 2. The van der Waals surface area contributed by atoms with Crippen LogP contribution in [0.15, 0.2) is 0 Å². The Balaban J connectivity index is 0.000000191. The Labute approximate surface area is 112 Å². The van der Waals surface area contributed by atoms with Crippen LogP contribution in [-0.4, -0.2) is 66.9 Å². The van der Waals surface area contributed by atoms with Crippen molar-refractivity contribution in [2.45, 2.75) is 18.4 Å². The zero-order valence-corrected chi connectivity index (χ0v) is 10.9. The van der Waals surface area contributed by atoms with Gasteiger partial charge >= 0.3 is 12.0 Å². The maximum Gasteiger partial charge on any atom is 0.323 e. The molecule has 2 heterocycles. The molecular formula is C11H22N4O4. The summed E-state index contributed by atoms with van der Waals surface area (Å²) in [6, 6.07) is -0.349. The van der Waals surface area contributed by atoms with Crippen molar-refractivity contribution in [2.75, 3.05) is 39.4 Å². The summed E-state index contributed by atoms with van der Waals surface area (Å²) < 4.78 is 5.00. The van der Waals surface area contributed by atoms with Gasteiger partial charge in [0.15, 0.2) is 0 Å². The topological polar surface area (TPSA) is 131 Å². The van der Waals surface area contributed by atoms with Gasteiger partial charge in [0.05, 0.1) is 13.2 Å². The van der Waals surface area contributed by atoms with Gasteiger partial charge in [0.1, 0.15) is 5.54 Å². The van der Waals surface area contributed by atoms with Gasteiger partial charge < -0.3 is 31.5 Å². The van der Waals surface area contributed by atoms with E-state index in [4.69, 9.17) is 21.3 Å². The molecule has 0 aromatic carbocycles. The number of carbonyl (C=O) groups excluding carboxylic acids is 1. The van der Waals surface area contributed by atoms with Crippen molar-refractivity contribution in [1.82, 2.24) is 10.2 Å². The summed E-state index contributed by atoms with van der Waals surface area (Å²) in [5.74, 6) is -0.881. The minimum absolute atomic E-state index is 0.349. The fourth-order valence-corrected chi connectivity index (χ4v) is 1.87. The highest BCUT2D eigenvalue weighted by Crippen LogP contribution is 2.14. The number of ether oxygens (including phenoxy) is 1. The molecule has 6 N–H and O–H groups in total. The van der Waals surface area contributed by atoms with E-state index in [1.807, 2.05) is 0 Å². The number of carboxylic acids is 1. The number of piperidine rings is 1. The summed E-state index contributed by atoms with van der Waals surface area (Å²) >= 11 is 0. The van der Waals surface area contributed by atoms with E-state index < -0.39 is 11.5 Å². The fraction of sp³-hybridized carbons (Fsp3) is 0.818. The van der Waals surface area contributed by atoms with Gasteiger partial charge in [0, 0.05) is 13.1 Å². The minimum Gasteiger partial charge on any atom is -0.480 e. The number of primary amides is 1. The summed E-state index contributed by atoms with van der Waals surface area (Å²) in [6.45, 7) is 3.92. The molecule has 0 atom stereocenters. The summed E-state index contributed by atoms with van der Waals surface area (Å²) in [5, 5.41) is 11.7. The van der Waals surface area contributed by atoms with Crippen molar-refractivity contribution in [3.8, 4) is 0 Å². The Kier molecular flexibility index (Phi) is 6.00. The van der Waals surface area contributed by atoms with E-state index in [1.54, 1.807) is 4.90 Å². The molecule has 0 aromatic heterocycles. The van der Waals surface area contributed by atoms with Crippen LogP contribution >= 0.6 is 0 Å². The van der Waals surface area contributed by atoms with Crippen LogP contribution in [0.3, 0.4) is 0 Å². The second kappa shape index (κ2) is 7.27. The second-order valence-electron chi connectivity index (χ2n) is 4.65. The third-order valence-electron chi connectivity index (χ3n) is 3.24. The second-order valence-corrected chi connectivity index (χ2v) is 4.65. The number of rotatable bonds is 1. The summed E-state index contributed by atoms with van der Waals surface area (Å²) in [4.78, 5) is 22.5. The standard InChI is InChI=1S/C6H12N2O2.C5H10N2O2/c7-6(5(9)10)1-3-8-4-2-6;6-5(8)7-1-3-9-4-2-7/h8H,1-4,7H2,(H,9,10);1-4H2,(H2,6,8). The molecule has 2 saturated heterocycles. The van der Waals surface area contributed by atoms with Gasteiger partial charge in [-0.1, -0.05) is 0 Å². The van der Waals surface area contributed by atoms with Crippen molar-refractivity contribution in [3.63, 3.8) is 0 Å². The number of nitrogens with two attached hydrogens (primary N) is 2. The molecule has 0 aliphatic carbocycles. The maximum atomic E-state index is 10.5. The molecule has 19 heavy (non-hydrogen) atoms. The lowest BCUT2D eigenvalue weighted by Crippen LogP contribution is -2.54. The number of morpholine rings is 1. The Morgan fingerprint density at radius 2 is 1.74 bits per heavy atom. The number of carboxylic acid groups (broad SMARTS) is 1. The first-order valence-electron chi connectivity index (χ1n) is 6.31. The number of hydrogen-bond donors (Lipinski definition) is 4. The molecule has 0 saturated carbocycles. The Morgan fingerprint density at radius 1 is 1.21 bits per heavy atom. The third kappa shape index (κ3) is 5.01. The fourth-order valence-electron chi connectivity index (χ4n) is 1.87. The number of nitrogens with zero attached hydrogens (tertiary/aromatic N) is 1. The Morgan fingerprint density at radius 3 is 2.05 bits per heavy atom. The molecule has 2 rings (SSSR count). The lowest BCUT2D eigenvalue weighted by molar-refractivity contribution is -0.144. The molecule has 0 radical (unpaired) electrons. The van der Waals surface area contributed by atoms with Gasteiger partial charge in [0.25, 0.3) is 0 Å². The molecule has 2 aliphatic heterocycles. The lowest BCUT2D eigenvalue weighted by atomic mass is 9.90. The van der Waals surface area contributed by atoms with Crippen molar-refractivity contribution in [1.29, 1.82) is 0 Å². The monoisotopic (exact) mass is 274 g/mol. The van der Waals surface area contributed by atoms with Gasteiger partial charge in [-0.25, -0.2) is 4.79 Å². The van der Waals surface area contributed by atoms with Crippen LogP contribution in [0.25, 0.3) is 0 Å². The first-order valence-corrected chi connectivity index (χ1v) is 6.31. The molecule has 0 bridgehead atoms. The predicted molar refractivity (Wildman–Crippen MR) is 68.6 cm³/mol. The summed E-state index contributed by atoms with van der Waals surface area (Å²) in [6.07, 6.45) is 1.06. The molecule has 8 heteroatoms. The molecule has 8 nitrogen and oxygen atoms in total. The van der Waals surface area contributed by atoms with Crippen molar-refractivity contribution >= 4 is 12.0 Å². The quantitative estimate of drug-likeness (QED) is 0.462. The smallest absolute Gasteiger partial charge is 0.323 e. The Hall–Kier alpha value is -1.38. The highest BCUT2D eigenvalue weighted by Gasteiger charge is 2.34. The molecule has 110 valence electrons. The summed E-state index contributed by atoms with van der Waals surface area (Å²) in [7, 11) is 0. The van der Waals surface area contributed by atoms with Gasteiger partial charge in [-0.2, -0.15) is 0 Å². The SMILES string of the molecule is NC(=O)N1CCOCC1.NC1(C(=O)O)CCNCC1. The molecule has 2 amide bonds. The van der Waals surface area contributed by atoms with Crippen LogP contribution < -0.4 is 16.8 Å². The highest BCUT2D eigenvalue weighted by atomic mass is 16.5. The first kappa shape index (κ1) is 15.7. The van der Waals surface area contributed by atoms with Crippen molar-refractivity contribution < 1.29 is 19.4 Å². The first-order chi connectivity index (χ1) is 8.96. The number of aliphatic carboxylic acids is 1. The van der Waals surface area contributed by atoms with Crippen LogP contribution in [0, 0.1) is 0 Å². The van der Waals surface area contributed by atoms with Crippen LogP contribution in [0.1, 0.15) is 12.8 Å². The van der Waals surface area contributed by atoms with Gasteiger partial charge in [-0.3, -0.25) is 4.79 Å². The number of nitrogens with one attached hydrogen (secondary N) is 1. The zero-order chi connectivity index (χ0) is 14.3. The maximum absolute atomic E-state index is 10.5. The van der Waals surface area contributed by atoms with Crippen molar-refractivity contribution in [2.24, 2.45) is 11.5 Å². The zero-order valence-electron chi connectivity index (χ0n) is 10.9. The molecule has 0 spiro atoms. The lowest BCUT2D eigenvalue weighted by Gasteiger charge is -2.29. The van der Waals surface area contributed by atoms with E-state index in [2.05, 4.69) is 5.32 Å². The highest BCUT2D eigenvalue weighted by molar-refractivity contribution is 5.78. The Bertz CT molecular complexity index is 312.